The van der Waals surface area contributed by atoms with Gasteiger partial charge in [-0.25, -0.2) is 19.6 Å². The van der Waals surface area contributed by atoms with E-state index in [1.807, 2.05) is 0 Å². The van der Waals surface area contributed by atoms with Gasteiger partial charge in [0.2, 0.25) is 5.95 Å². The van der Waals surface area contributed by atoms with Crippen LogP contribution in [0.3, 0.4) is 0 Å². The largest absolute Gasteiger partial charge is 0.480 e. The third kappa shape index (κ3) is 11.0. The Morgan fingerprint density at radius 2 is 1.70 bits per heavy atom. The number of fused-ring (bicyclic) bond motifs is 1. The maximum Gasteiger partial charge on any atom is 0.356 e. The smallest absolute Gasteiger partial charge is 0.356 e. The second kappa shape index (κ2) is 18.7. The van der Waals surface area contributed by atoms with Crippen molar-refractivity contribution in [2.75, 3.05) is 24.0 Å². The maximum atomic E-state index is 13.0. The van der Waals surface area contributed by atoms with E-state index in [2.05, 4.69) is 30.6 Å². The van der Waals surface area contributed by atoms with E-state index >= 15 is 0 Å². The molecule has 5 rings (SSSR count). The minimum atomic E-state index is -3.64. The summed E-state index contributed by atoms with van der Waals surface area (Å²) in [7, 11) is -3.64. The number of H-pyrrole nitrogens is 1. The fourth-order valence-electron chi connectivity index (χ4n) is 4.95. The Balaban J connectivity index is 1.11. The Morgan fingerprint density at radius 3 is 2.39 bits per heavy atom. The number of anilines is 2. The number of aliphatic hydroxyl groups is 1. The number of nitrogens with one attached hydrogen (secondary N) is 3. The van der Waals surface area contributed by atoms with Crippen LogP contribution in [0.2, 0.25) is 0 Å². The number of aliphatic carboxylic acids is 1. The molecule has 0 fully saturated rings. The molecule has 2 aromatic heterocycles. The highest BCUT2D eigenvalue weighted by atomic mass is 31.2. The number of nitrogens with two attached hydrogens (primary N) is 1. The van der Waals surface area contributed by atoms with Crippen LogP contribution in [0, 0.1) is 0 Å². The highest BCUT2D eigenvalue weighted by Crippen LogP contribution is 2.47. The van der Waals surface area contributed by atoms with E-state index in [1.165, 1.54) is 54.7 Å². The highest BCUT2D eigenvalue weighted by molar-refractivity contribution is 7.53. The number of hydrogen-bond donors (Lipinski definition) is 6. The van der Waals surface area contributed by atoms with Crippen molar-refractivity contribution in [1.29, 1.82) is 0 Å². The first kappa shape index (κ1) is 40.7. The summed E-state index contributed by atoms with van der Waals surface area (Å²) in [6.45, 7) is 1.76. The lowest BCUT2D eigenvalue weighted by molar-refractivity contribution is -0.140. The fraction of sp³-hybridized carbons (Fsp3) is 0.222. The van der Waals surface area contributed by atoms with Gasteiger partial charge in [0.15, 0.2) is 11.2 Å². The predicted octanol–water partition coefficient (Wildman–Crippen LogP) is 3.39. The zero-order valence-electron chi connectivity index (χ0n) is 29.7. The molecule has 0 aliphatic carbocycles. The van der Waals surface area contributed by atoms with Crippen molar-refractivity contribution in [3.8, 4) is 11.5 Å². The van der Waals surface area contributed by atoms with Crippen LogP contribution in [0.1, 0.15) is 51.7 Å². The molecule has 3 aromatic carbocycles. The first-order valence-corrected chi connectivity index (χ1v) is 18.6. The number of carboxylic acids is 1. The molecular formula is C36H36N7O12P. The SMILES string of the molecule is CCOP(=O)(CO)OCc1ccc(OC(=O)c2ccccc2OC(=O)CC[C@H](NC(=O)c2ccc(NCc3cnc4nc(N)[nH]c(=O)c4n3)cc2)C(=O)O)cc1. The van der Waals surface area contributed by atoms with E-state index in [-0.39, 0.29) is 65.9 Å². The molecular weight excluding hydrogens is 753 g/mol. The highest BCUT2D eigenvalue weighted by Gasteiger charge is 2.25. The number of rotatable bonds is 18. The van der Waals surface area contributed by atoms with Crippen LogP contribution >= 0.6 is 7.60 Å². The molecule has 292 valence electrons. The predicted molar refractivity (Wildman–Crippen MR) is 199 cm³/mol. The molecule has 5 aromatic rings. The van der Waals surface area contributed by atoms with Crippen LogP contribution in [0.4, 0.5) is 11.6 Å². The number of aromatic nitrogens is 4. The van der Waals surface area contributed by atoms with E-state index in [4.69, 9.17) is 24.3 Å². The van der Waals surface area contributed by atoms with Crippen molar-refractivity contribution in [2.24, 2.45) is 0 Å². The Hall–Kier alpha value is -6.53. The Morgan fingerprint density at radius 1 is 0.964 bits per heavy atom. The van der Waals surface area contributed by atoms with Crippen molar-refractivity contribution in [1.82, 2.24) is 25.3 Å². The quantitative estimate of drug-likeness (QED) is 0.0421. The van der Waals surface area contributed by atoms with E-state index < -0.39 is 55.8 Å². The van der Waals surface area contributed by atoms with Crippen molar-refractivity contribution < 1.29 is 52.5 Å². The number of nitrogens with zero attached hydrogens (tertiary/aromatic N) is 3. The number of amides is 1. The lowest BCUT2D eigenvalue weighted by Crippen LogP contribution is -2.41. The van der Waals surface area contributed by atoms with Crippen LogP contribution < -0.4 is 31.4 Å². The van der Waals surface area contributed by atoms with Gasteiger partial charge in [-0.1, -0.05) is 24.3 Å². The Labute approximate surface area is 317 Å². The van der Waals surface area contributed by atoms with E-state index in [1.54, 1.807) is 31.2 Å². The van der Waals surface area contributed by atoms with E-state index in [0.29, 0.717) is 16.9 Å². The minimum absolute atomic E-state index is 0.0268. The molecule has 1 amide bonds. The molecule has 20 heteroatoms. The Bertz CT molecular complexity index is 2320. The number of ether oxygens (including phenoxy) is 2. The van der Waals surface area contributed by atoms with Gasteiger partial charge in [0.1, 0.15) is 29.5 Å². The average Bonchev–Trinajstić information content (AvgIpc) is 3.18. The summed E-state index contributed by atoms with van der Waals surface area (Å²) >= 11 is 0. The van der Waals surface area contributed by atoms with Crippen LogP contribution in [0.15, 0.2) is 83.8 Å². The first-order chi connectivity index (χ1) is 26.9. The summed E-state index contributed by atoms with van der Waals surface area (Å²) in [5, 5.41) is 24.5. The topological polar surface area (TPSA) is 284 Å². The zero-order chi connectivity index (χ0) is 40.2. The number of nitrogen functional groups attached to an aromatic ring is 1. The third-order valence-corrected chi connectivity index (χ3v) is 9.26. The molecule has 1 unspecified atom stereocenters. The number of carbonyl (C=O) groups excluding carboxylic acids is 3. The number of carbonyl (C=O) groups is 4. The second-order valence-electron chi connectivity index (χ2n) is 11.8. The molecule has 0 aliphatic heterocycles. The van der Waals surface area contributed by atoms with Gasteiger partial charge in [-0.3, -0.25) is 23.9 Å². The number of para-hydroxylation sites is 1. The van der Waals surface area contributed by atoms with Gasteiger partial charge in [-0.2, -0.15) is 4.98 Å². The van der Waals surface area contributed by atoms with Crippen molar-refractivity contribution in [3.05, 3.63) is 112 Å². The number of carboxylic acid groups (broad SMARTS) is 1. The molecule has 0 saturated carbocycles. The van der Waals surface area contributed by atoms with E-state index in [0.717, 1.165) is 0 Å². The molecule has 19 nitrogen and oxygen atoms in total. The number of aromatic amines is 1. The normalized spacial score (nSPS) is 12.6. The molecule has 56 heavy (non-hydrogen) atoms. The van der Waals surface area contributed by atoms with Gasteiger partial charge in [0.05, 0.1) is 31.6 Å². The molecule has 7 N–H and O–H groups in total. The summed E-state index contributed by atoms with van der Waals surface area (Å²) in [6.07, 6.45) is -0.0856. The van der Waals surface area contributed by atoms with Crippen LogP contribution in [0.25, 0.3) is 11.2 Å². The van der Waals surface area contributed by atoms with Gasteiger partial charge in [0, 0.05) is 17.7 Å². The van der Waals surface area contributed by atoms with Crippen LogP contribution in [-0.4, -0.2) is 73.0 Å². The molecule has 0 saturated heterocycles. The first-order valence-electron chi connectivity index (χ1n) is 16.8. The molecule has 0 aliphatic rings. The Kier molecular flexibility index (Phi) is 13.6. The zero-order valence-corrected chi connectivity index (χ0v) is 30.6. The van der Waals surface area contributed by atoms with E-state index in [9.17, 15) is 38.8 Å². The van der Waals surface area contributed by atoms with Gasteiger partial charge in [-0.05, 0) is 67.4 Å². The van der Waals surface area contributed by atoms with Crippen LogP contribution in [-0.2, 0) is 36.4 Å². The summed E-state index contributed by atoms with van der Waals surface area (Å²) in [6, 6.07) is 16.5. The van der Waals surface area contributed by atoms with Gasteiger partial charge < -0.3 is 45.1 Å². The summed E-state index contributed by atoms with van der Waals surface area (Å²) in [5.41, 5.74) is 6.78. The standard InChI is InChI=1S/C36H36N7O12P/c1-2-52-56(51,20-44)53-19-21-7-13-25(14-8-21)54-35(50)26-5-3-4-6-28(26)55-29(45)16-15-27(34(48)49)41-32(46)22-9-11-23(12-10-22)38-17-24-18-39-31-30(40-24)33(47)43-36(37)42-31/h3-14,18,27,38,44H,2,15-17,19-20H2,1H3,(H,41,46)(H,48,49)(H3,37,39,42,43,47)/t27-,56?/m0/s1. The minimum Gasteiger partial charge on any atom is -0.480 e. The lowest BCUT2D eigenvalue weighted by Gasteiger charge is -2.15. The fourth-order valence-corrected chi connectivity index (χ4v) is 5.93. The summed E-state index contributed by atoms with van der Waals surface area (Å²) in [4.78, 5) is 77.4. The number of benzene rings is 3. The monoisotopic (exact) mass is 789 g/mol. The average molecular weight is 790 g/mol. The molecule has 2 atom stereocenters. The summed E-state index contributed by atoms with van der Waals surface area (Å²) in [5.74, 6) is -3.86. The molecule has 0 spiro atoms. The molecule has 2 heterocycles. The van der Waals surface area contributed by atoms with Crippen molar-refractivity contribution in [3.63, 3.8) is 0 Å². The number of esters is 2. The lowest BCUT2D eigenvalue weighted by atomic mass is 10.1. The molecule has 0 bridgehead atoms. The van der Waals surface area contributed by atoms with Crippen molar-refractivity contribution in [2.45, 2.75) is 39.0 Å². The second-order valence-corrected chi connectivity index (χ2v) is 13.8. The third-order valence-electron chi connectivity index (χ3n) is 7.74. The number of aliphatic hydroxyl groups excluding tert-OH is 1. The number of hydrogen-bond acceptors (Lipinski definition) is 16. The van der Waals surface area contributed by atoms with Gasteiger partial charge in [0.25, 0.3) is 11.5 Å². The van der Waals surface area contributed by atoms with Gasteiger partial charge >= 0.3 is 25.5 Å². The molecule has 0 radical (unpaired) electrons. The maximum absolute atomic E-state index is 13.0. The summed E-state index contributed by atoms with van der Waals surface area (Å²) < 4.78 is 33.3. The van der Waals surface area contributed by atoms with Crippen molar-refractivity contribution >= 4 is 54.2 Å². The van der Waals surface area contributed by atoms with Crippen LogP contribution in [0.5, 0.6) is 11.5 Å². The van der Waals surface area contributed by atoms with Gasteiger partial charge in [-0.15, -0.1) is 0 Å².